The van der Waals surface area contributed by atoms with Crippen LogP contribution in [-0.2, 0) is 12.8 Å². The van der Waals surface area contributed by atoms with Crippen molar-refractivity contribution < 1.29 is 0 Å². The monoisotopic (exact) mass is 366 g/mol. The van der Waals surface area contributed by atoms with E-state index in [9.17, 15) is 0 Å². The van der Waals surface area contributed by atoms with Gasteiger partial charge in [0.15, 0.2) is 5.96 Å². The fraction of sp³-hybridized carbons (Fsp3) is 0.333. The quantitative estimate of drug-likeness (QED) is 0.493. The first-order valence-electron chi connectivity index (χ1n) is 9.06. The molecule has 5 heteroatoms. The lowest BCUT2D eigenvalue weighted by Crippen LogP contribution is -2.40. The van der Waals surface area contributed by atoms with Gasteiger partial charge in [0, 0.05) is 36.6 Å². The van der Waals surface area contributed by atoms with Crippen molar-refractivity contribution in [3.05, 3.63) is 64.5 Å². The molecule has 0 amide bonds. The minimum atomic E-state index is 0.564. The van der Waals surface area contributed by atoms with Gasteiger partial charge >= 0.3 is 0 Å². The molecule has 1 aromatic carbocycles. The van der Waals surface area contributed by atoms with Gasteiger partial charge in [-0.05, 0) is 41.8 Å². The average molecular weight is 367 g/mol. The SMILES string of the molecule is CN=C(NCCc1cccc2cccnc12)NCC(C)Cc1cccs1. The molecule has 136 valence electrons. The van der Waals surface area contributed by atoms with Crippen molar-refractivity contribution in [3.63, 3.8) is 0 Å². The maximum atomic E-state index is 4.52. The van der Waals surface area contributed by atoms with Gasteiger partial charge in [-0.2, -0.15) is 0 Å². The molecule has 0 saturated carbocycles. The molecule has 3 aromatic rings. The summed E-state index contributed by atoms with van der Waals surface area (Å²) in [5.41, 5.74) is 2.35. The van der Waals surface area contributed by atoms with Crippen molar-refractivity contribution >= 4 is 28.2 Å². The summed E-state index contributed by atoms with van der Waals surface area (Å²) in [4.78, 5) is 10.3. The number of rotatable bonds is 7. The van der Waals surface area contributed by atoms with Crippen LogP contribution in [-0.4, -0.2) is 31.1 Å². The van der Waals surface area contributed by atoms with E-state index in [0.29, 0.717) is 5.92 Å². The number of guanidine groups is 1. The largest absolute Gasteiger partial charge is 0.356 e. The van der Waals surface area contributed by atoms with E-state index in [1.165, 1.54) is 15.8 Å². The van der Waals surface area contributed by atoms with Crippen molar-refractivity contribution in [2.24, 2.45) is 10.9 Å². The lowest BCUT2D eigenvalue weighted by atomic mass is 10.1. The maximum Gasteiger partial charge on any atom is 0.190 e. The van der Waals surface area contributed by atoms with E-state index in [1.54, 1.807) is 0 Å². The van der Waals surface area contributed by atoms with Crippen LogP contribution in [0.4, 0.5) is 0 Å². The molecule has 2 N–H and O–H groups in total. The Hall–Kier alpha value is -2.40. The third kappa shape index (κ3) is 5.05. The first kappa shape index (κ1) is 18.4. The number of fused-ring (bicyclic) bond motifs is 1. The standard InChI is InChI=1S/C21H26N4S/c1-16(14-19-9-5-13-26-19)15-25-21(22-2)24-12-10-18-7-3-6-17-8-4-11-23-20(17)18/h3-9,11,13,16H,10,12,14-15H2,1-2H3,(H2,22,24,25). The van der Waals surface area contributed by atoms with Gasteiger partial charge in [-0.15, -0.1) is 11.3 Å². The van der Waals surface area contributed by atoms with Gasteiger partial charge in [0.05, 0.1) is 5.52 Å². The molecule has 26 heavy (non-hydrogen) atoms. The third-order valence-corrected chi connectivity index (χ3v) is 5.27. The topological polar surface area (TPSA) is 49.3 Å². The van der Waals surface area contributed by atoms with Gasteiger partial charge in [0.1, 0.15) is 0 Å². The molecule has 0 aliphatic carbocycles. The smallest absolute Gasteiger partial charge is 0.190 e. The van der Waals surface area contributed by atoms with Crippen LogP contribution in [0.15, 0.2) is 59.0 Å². The van der Waals surface area contributed by atoms with Gasteiger partial charge in [0.25, 0.3) is 0 Å². The second kappa shape index (κ2) is 9.34. The minimum absolute atomic E-state index is 0.564. The van der Waals surface area contributed by atoms with Crippen LogP contribution < -0.4 is 10.6 Å². The summed E-state index contributed by atoms with van der Waals surface area (Å²) >= 11 is 1.82. The van der Waals surface area contributed by atoms with Crippen LogP contribution >= 0.6 is 11.3 Å². The first-order valence-corrected chi connectivity index (χ1v) is 9.93. The van der Waals surface area contributed by atoms with E-state index in [2.05, 4.69) is 69.3 Å². The molecular weight excluding hydrogens is 340 g/mol. The maximum absolute atomic E-state index is 4.52. The van der Waals surface area contributed by atoms with Crippen molar-refractivity contribution in [1.29, 1.82) is 0 Å². The number of aromatic nitrogens is 1. The van der Waals surface area contributed by atoms with Gasteiger partial charge < -0.3 is 10.6 Å². The Morgan fingerprint density at radius 2 is 2.04 bits per heavy atom. The fourth-order valence-corrected chi connectivity index (χ4v) is 3.89. The number of nitrogens with zero attached hydrogens (tertiary/aromatic N) is 2. The number of pyridine rings is 1. The van der Waals surface area contributed by atoms with Crippen LogP contribution in [0.5, 0.6) is 0 Å². The summed E-state index contributed by atoms with van der Waals surface area (Å²) < 4.78 is 0. The van der Waals surface area contributed by atoms with Crippen LogP contribution in [0.2, 0.25) is 0 Å². The highest BCUT2D eigenvalue weighted by atomic mass is 32.1. The molecule has 0 saturated heterocycles. The Morgan fingerprint density at radius 3 is 2.85 bits per heavy atom. The minimum Gasteiger partial charge on any atom is -0.356 e. The Labute approximate surface area is 159 Å². The molecule has 0 fully saturated rings. The molecule has 1 unspecified atom stereocenters. The summed E-state index contributed by atoms with van der Waals surface area (Å²) in [7, 11) is 1.82. The molecule has 1 atom stereocenters. The molecule has 0 spiro atoms. The van der Waals surface area contributed by atoms with Crippen molar-refractivity contribution in [2.75, 3.05) is 20.1 Å². The average Bonchev–Trinajstić information content (AvgIpc) is 3.17. The molecule has 4 nitrogen and oxygen atoms in total. The van der Waals surface area contributed by atoms with Gasteiger partial charge in [-0.1, -0.05) is 37.3 Å². The van der Waals surface area contributed by atoms with Crippen LogP contribution in [0, 0.1) is 5.92 Å². The van der Waals surface area contributed by atoms with Gasteiger partial charge in [-0.25, -0.2) is 0 Å². The van der Waals surface area contributed by atoms with Crippen molar-refractivity contribution in [3.8, 4) is 0 Å². The normalized spacial score (nSPS) is 12.9. The van der Waals surface area contributed by atoms with Crippen LogP contribution in [0.3, 0.4) is 0 Å². The van der Waals surface area contributed by atoms with Gasteiger partial charge in [-0.3, -0.25) is 9.98 Å². The third-order valence-electron chi connectivity index (χ3n) is 4.37. The van der Waals surface area contributed by atoms with Crippen LogP contribution in [0.1, 0.15) is 17.4 Å². The molecule has 3 rings (SSSR count). The zero-order valence-electron chi connectivity index (χ0n) is 15.4. The predicted molar refractivity (Wildman–Crippen MR) is 112 cm³/mol. The van der Waals surface area contributed by atoms with Crippen molar-refractivity contribution in [2.45, 2.75) is 19.8 Å². The van der Waals surface area contributed by atoms with Gasteiger partial charge in [0.2, 0.25) is 0 Å². The van der Waals surface area contributed by atoms with E-state index < -0.39 is 0 Å². The summed E-state index contributed by atoms with van der Waals surface area (Å²) in [5.74, 6) is 1.42. The lowest BCUT2D eigenvalue weighted by Gasteiger charge is -2.16. The highest BCUT2D eigenvalue weighted by Crippen LogP contribution is 2.16. The van der Waals surface area contributed by atoms with E-state index in [-0.39, 0.29) is 0 Å². The summed E-state index contributed by atoms with van der Waals surface area (Å²) in [6.45, 7) is 4.00. The molecule has 0 aliphatic rings. The Bertz CT molecular complexity index is 837. The van der Waals surface area contributed by atoms with E-state index in [1.807, 2.05) is 30.6 Å². The Morgan fingerprint density at radius 1 is 1.15 bits per heavy atom. The number of hydrogen-bond donors (Lipinski definition) is 2. The van der Waals surface area contributed by atoms with E-state index in [0.717, 1.165) is 37.4 Å². The number of thiophene rings is 1. The highest BCUT2D eigenvalue weighted by Gasteiger charge is 2.07. The lowest BCUT2D eigenvalue weighted by molar-refractivity contribution is 0.562. The first-order chi connectivity index (χ1) is 12.8. The number of aliphatic imine (C=N–C) groups is 1. The zero-order valence-corrected chi connectivity index (χ0v) is 16.2. The fourth-order valence-electron chi connectivity index (χ4n) is 3.02. The summed E-state index contributed by atoms with van der Waals surface area (Å²) in [6, 6.07) is 14.8. The Balaban J connectivity index is 1.46. The molecule has 0 radical (unpaired) electrons. The van der Waals surface area contributed by atoms with Crippen LogP contribution in [0.25, 0.3) is 10.9 Å². The highest BCUT2D eigenvalue weighted by molar-refractivity contribution is 7.09. The number of benzene rings is 1. The van der Waals surface area contributed by atoms with Crippen molar-refractivity contribution in [1.82, 2.24) is 15.6 Å². The molecule has 2 heterocycles. The summed E-state index contributed by atoms with van der Waals surface area (Å²) in [6.07, 6.45) is 3.87. The predicted octanol–water partition coefficient (Wildman–Crippen LogP) is 3.88. The second-order valence-corrected chi connectivity index (χ2v) is 7.54. The number of hydrogen-bond acceptors (Lipinski definition) is 3. The molecule has 0 aliphatic heterocycles. The molecule has 2 aromatic heterocycles. The number of nitrogens with one attached hydrogen (secondary N) is 2. The Kier molecular flexibility index (Phi) is 6.61. The number of para-hydroxylation sites is 1. The second-order valence-electron chi connectivity index (χ2n) is 6.51. The molecule has 0 bridgehead atoms. The molecular formula is C21H26N4S. The zero-order chi connectivity index (χ0) is 18.2. The van der Waals surface area contributed by atoms with E-state index in [4.69, 9.17) is 0 Å². The van der Waals surface area contributed by atoms with E-state index >= 15 is 0 Å². The summed E-state index contributed by atoms with van der Waals surface area (Å²) in [5, 5.41) is 10.2.